The molecule has 4 atom stereocenters. The van der Waals surface area contributed by atoms with Gasteiger partial charge in [-0.2, -0.15) is 0 Å². The number of nitrogens with zero attached hydrogens (tertiary/aromatic N) is 2. The summed E-state index contributed by atoms with van der Waals surface area (Å²) in [7, 11) is 1.64. The molecule has 4 aromatic rings. The van der Waals surface area contributed by atoms with Crippen LogP contribution in [0.25, 0.3) is 0 Å². The molecule has 6 amide bonds. The molecule has 0 aromatic heterocycles. The number of amides is 6. The Morgan fingerprint density at radius 3 is 2.09 bits per heavy atom. The molecule has 2 saturated heterocycles. The quantitative estimate of drug-likeness (QED) is 0.0346. The van der Waals surface area contributed by atoms with Crippen LogP contribution >= 0.6 is 0 Å². The summed E-state index contributed by atoms with van der Waals surface area (Å²) >= 11 is 0. The van der Waals surface area contributed by atoms with Crippen molar-refractivity contribution in [2.24, 2.45) is 0 Å². The molecule has 4 aromatic carbocycles. The summed E-state index contributed by atoms with van der Waals surface area (Å²) in [6, 6.07) is 20.4. The highest BCUT2D eigenvalue weighted by Gasteiger charge is 2.45. The first kappa shape index (κ1) is 56.2. The normalized spacial score (nSPS) is 17.1. The molecule has 76 heavy (non-hydrogen) atoms. The Morgan fingerprint density at radius 1 is 0.763 bits per heavy atom. The summed E-state index contributed by atoms with van der Waals surface area (Å²) in [5.41, 5.74) is 8.01. The second-order valence-electron chi connectivity index (χ2n) is 20.1. The Hall–Kier alpha value is -7.49. The molecular weight excluding hydrogens is 967 g/mol. The number of piperidine rings is 2. The van der Waals surface area contributed by atoms with Crippen molar-refractivity contribution in [2.75, 3.05) is 40.0 Å². The van der Waals surface area contributed by atoms with Crippen LogP contribution in [0.3, 0.4) is 0 Å². The fraction of sp³-hybridized carbons (Fsp3) is 0.450. The molecule has 3 N–H and O–H groups in total. The average Bonchev–Trinajstić information content (AvgIpc) is 3.67. The zero-order valence-corrected chi connectivity index (χ0v) is 44.9. The van der Waals surface area contributed by atoms with E-state index in [1.54, 1.807) is 30.2 Å². The number of unbranched alkanes of at least 4 members (excludes halogenated alkanes) is 3. The largest absolute Gasteiger partial charge is 0.496 e. The lowest BCUT2D eigenvalue weighted by atomic mass is 9.89. The topological polar surface area (TPSA) is 199 Å². The number of benzene rings is 4. The van der Waals surface area contributed by atoms with Crippen molar-refractivity contribution in [3.8, 4) is 17.2 Å². The molecule has 0 bridgehead atoms. The van der Waals surface area contributed by atoms with Crippen LogP contribution in [0, 0.1) is 27.7 Å². The van der Waals surface area contributed by atoms with Gasteiger partial charge in [0.15, 0.2) is 13.2 Å². The molecule has 16 heteroatoms. The molecule has 0 saturated carbocycles. The van der Waals surface area contributed by atoms with Gasteiger partial charge >= 0.3 is 5.97 Å². The van der Waals surface area contributed by atoms with Gasteiger partial charge in [-0.3, -0.25) is 33.7 Å². The summed E-state index contributed by atoms with van der Waals surface area (Å²) in [6.07, 6.45) is 7.06. The number of esters is 1. The van der Waals surface area contributed by atoms with Crippen molar-refractivity contribution >= 4 is 41.4 Å². The molecule has 16 nitrogen and oxygen atoms in total. The van der Waals surface area contributed by atoms with Gasteiger partial charge in [0, 0.05) is 25.3 Å². The highest BCUT2D eigenvalue weighted by molar-refractivity contribution is 6.24. The number of methoxy groups -OCH3 is 1. The van der Waals surface area contributed by atoms with E-state index in [-0.39, 0.29) is 60.2 Å². The Morgan fingerprint density at radius 2 is 1.45 bits per heavy atom. The highest BCUT2D eigenvalue weighted by Crippen LogP contribution is 2.35. The molecule has 7 rings (SSSR count). The van der Waals surface area contributed by atoms with Crippen LogP contribution in [0.4, 0.5) is 0 Å². The molecule has 3 aliphatic rings. The number of hydrogen-bond acceptors (Lipinski definition) is 11. The van der Waals surface area contributed by atoms with Gasteiger partial charge in [0.2, 0.25) is 11.8 Å². The monoisotopic (exact) mass is 1040 g/mol. The van der Waals surface area contributed by atoms with Crippen molar-refractivity contribution in [3.05, 3.63) is 135 Å². The van der Waals surface area contributed by atoms with Gasteiger partial charge in [-0.25, -0.2) is 4.79 Å². The number of imide groups is 1. The molecule has 1 unspecified atom stereocenters. The fourth-order valence-electron chi connectivity index (χ4n) is 10.3. The minimum atomic E-state index is -0.955. The third-order valence-electron chi connectivity index (χ3n) is 14.8. The van der Waals surface area contributed by atoms with E-state index in [1.165, 1.54) is 17.7 Å². The Bertz CT molecular complexity index is 2790. The Labute approximate surface area is 446 Å². The van der Waals surface area contributed by atoms with Crippen molar-refractivity contribution < 1.29 is 52.5 Å². The number of hydrogen-bond donors (Lipinski definition) is 3. The molecule has 404 valence electrons. The van der Waals surface area contributed by atoms with Crippen LogP contribution < -0.4 is 30.2 Å². The van der Waals surface area contributed by atoms with Gasteiger partial charge in [-0.15, -0.1) is 0 Å². The average molecular weight is 1040 g/mol. The van der Waals surface area contributed by atoms with Gasteiger partial charge in [0.1, 0.15) is 35.4 Å². The van der Waals surface area contributed by atoms with Crippen LogP contribution in [0.15, 0.2) is 85.1 Å². The Balaban J connectivity index is 0.844. The van der Waals surface area contributed by atoms with Crippen molar-refractivity contribution in [1.29, 1.82) is 0 Å². The highest BCUT2D eigenvalue weighted by atomic mass is 16.5. The van der Waals surface area contributed by atoms with Crippen LogP contribution in [0.2, 0.25) is 0 Å². The predicted molar refractivity (Wildman–Crippen MR) is 287 cm³/mol. The number of carbonyl (C=O) groups is 7. The third kappa shape index (κ3) is 13.9. The first-order chi connectivity index (χ1) is 36.6. The number of carbonyl (C=O) groups excluding carboxylic acids is 7. The number of allylic oxidation sites excluding steroid dienone is 1. The van der Waals surface area contributed by atoms with Gasteiger partial charge in [0.05, 0.1) is 24.2 Å². The number of nitrogens with one attached hydrogen (secondary N) is 3. The maximum Gasteiger partial charge on any atom is 0.329 e. The molecule has 0 radical (unpaired) electrons. The molecule has 2 fully saturated rings. The minimum absolute atomic E-state index is 0.0333. The predicted octanol–water partition coefficient (Wildman–Crippen LogP) is 8.36. The standard InChI is InChI=1S/C60H73N5O11/c1-8-46(44-33-37(2)41(6)38(3)34-44)57(69)64-31-14-11-17-49(64)60(72)76-51(28-21-42-20-27-50(73-7)39(4)32-42)43-22-24-45(25-23-43)74-35-53(66)61-29-12-9-10-13-30-62-54(67)36-75-52-18-15-16-47-55(52)59(71)65(58(47)70)48-26-19-40(5)63-56(48)68/h15-16,18,20,22-25,27,32-34,46,48-49,51H,5,8-14,17,19,21,26,28-31,35-36H2,1-4,6-7H3,(H,61,66)(H,62,67)(H,63,68)/t46-,48?,49-,51+/m1/s1. The van der Waals surface area contributed by atoms with Crippen LogP contribution in [-0.2, 0) is 35.1 Å². The maximum absolute atomic E-state index is 14.3. The zero-order valence-electron chi connectivity index (χ0n) is 44.9. The fourth-order valence-corrected chi connectivity index (χ4v) is 10.3. The lowest BCUT2D eigenvalue weighted by Crippen LogP contribution is -2.51. The second-order valence-corrected chi connectivity index (χ2v) is 20.1. The van der Waals surface area contributed by atoms with Gasteiger partial charge in [0.25, 0.3) is 23.6 Å². The number of ether oxygens (including phenoxy) is 4. The summed E-state index contributed by atoms with van der Waals surface area (Å²) in [5, 5.41) is 8.31. The van der Waals surface area contributed by atoms with Crippen LogP contribution in [0.1, 0.15) is 149 Å². The summed E-state index contributed by atoms with van der Waals surface area (Å²) in [4.78, 5) is 95.8. The Kier molecular flexibility index (Phi) is 19.5. The second kappa shape index (κ2) is 26.3. The summed E-state index contributed by atoms with van der Waals surface area (Å²) in [5.74, 6) is -1.79. The number of likely N-dealkylation sites (tertiary alicyclic amines) is 1. The van der Waals surface area contributed by atoms with Gasteiger partial charge < -0.3 is 39.8 Å². The lowest BCUT2D eigenvalue weighted by molar-refractivity contribution is -0.162. The van der Waals surface area contributed by atoms with E-state index >= 15 is 0 Å². The minimum Gasteiger partial charge on any atom is -0.496 e. The molecule has 0 aliphatic carbocycles. The third-order valence-corrected chi connectivity index (χ3v) is 14.8. The molecule has 3 heterocycles. The smallest absolute Gasteiger partial charge is 0.329 e. The summed E-state index contributed by atoms with van der Waals surface area (Å²) in [6.45, 7) is 14.8. The maximum atomic E-state index is 14.3. The van der Waals surface area contributed by atoms with E-state index < -0.39 is 41.9 Å². The van der Waals surface area contributed by atoms with E-state index in [4.69, 9.17) is 18.9 Å². The van der Waals surface area contributed by atoms with E-state index in [9.17, 15) is 33.6 Å². The van der Waals surface area contributed by atoms with Crippen molar-refractivity contribution in [3.63, 3.8) is 0 Å². The molecule has 3 aliphatic heterocycles. The number of fused-ring (bicyclic) bond motifs is 1. The van der Waals surface area contributed by atoms with Crippen molar-refractivity contribution in [2.45, 2.75) is 136 Å². The lowest BCUT2D eigenvalue weighted by Gasteiger charge is -2.37. The van der Waals surface area contributed by atoms with E-state index in [0.29, 0.717) is 69.6 Å². The molecule has 0 spiro atoms. The van der Waals surface area contributed by atoms with E-state index in [1.807, 2.05) is 38.1 Å². The SMILES string of the molecule is C=C1CCC(N2C(=O)c3cccc(OCC(=O)NCCCCCCNC(=O)COc4ccc([C@H](CCc5ccc(OC)c(C)c5)OC(=O)[C@H]5CCCCN5C(=O)[C@H](CC)c5cc(C)c(C)c(C)c5)cc4)c3C2=O)C(=O)N1. The number of rotatable bonds is 24. The first-order valence-corrected chi connectivity index (χ1v) is 26.7. The van der Waals surface area contributed by atoms with Crippen LogP contribution in [0.5, 0.6) is 17.2 Å². The van der Waals surface area contributed by atoms with Crippen molar-refractivity contribution in [1.82, 2.24) is 25.8 Å². The zero-order chi connectivity index (χ0) is 54.5. The first-order valence-electron chi connectivity index (χ1n) is 26.7. The molecular formula is C60H73N5O11. The van der Waals surface area contributed by atoms with Gasteiger partial charge in [-0.1, -0.05) is 68.8 Å². The van der Waals surface area contributed by atoms with Gasteiger partial charge in [-0.05, 0) is 161 Å². The van der Waals surface area contributed by atoms with E-state index in [0.717, 1.165) is 76.1 Å². The van der Waals surface area contributed by atoms with Crippen LogP contribution in [-0.4, -0.2) is 103 Å². The number of aryl methyl sites for hydroxylation is 4. The summed E-state index contributed by atoms with van der Waals surface area (Å²) < 4.78 is 23.4. The van der Waals surface area contributed by atoms with E-state index in [2.05, 4.69) is 61.5 Å².